The highest BCUT2D eigenvalue weighted by molar-refractivity contribution is 5.98. The highest BCUT2D eigenvalue weighted by Crippen LogP contribution is 2.23. The van der Waals surface area contributed by atoms with Crippen molar-refractivity contribution in [3.05, 3.63) is 35.6 Å². The van der Waals surface area contributed by atoms with Crippen molar-refractivity contribution in [2.24, 2.45) is 17.8 Å². The molecule has 2 nitrogen and oxygen atoms in total. The van der Waals surface area contributed by atoms with Crippen molar-refractivity contribution in [2.45, 2.75) is 27.2 Å². The number of halogens is 1. The van der Waals surface area contributed by atoms with E-state index >= 15 is 0 Å². The molecule has 0 spiro atoms. The van der Waals surface area contributed by atoms with E-state index in [2.05, 4.69) is 18.7 Å². The zero-order chi connectivity index (χ0) is 14.7. The van der Waals surface area contributed by atoms with Gasteiger partial charge in [-0.1, -0.05) is 32.9 Å². The van der Waals surface area contributed by atoms with Crippen molar-refractivity contribution < 1.29 is 9.18 Å². The minimum Gasteiger partial charge on any atom is -0.302 e. The molecule has 0 radical (unpaired) electrons. The average Bonchev–Trinajstić information content (AvgIpc) is 2.42. The number of carbonyl (C=O) groups is 1. The molecule has 3 heteroatoms. The first-order valence-electron chi connectivity index (χ1n) is 7.50. The van der Waals surface area contributed by atoms with Gasteiger partial charge in [0.25, 0.3) is 0 Å². The number of hydrogen-bond acceptors (Lipinski definition) is 2. The van der Waals surface area contributed by atoms with E-state index in [1.807, 2.05) is 6.92 Å². The van der Waals surface area contributed by atoms with Crippen LogP contribution in [-0.2, 0) is 0 Å². The van der Waals surface area contributed by atoms with Gasteiger partial charge in [-0.2, -0.15) is 0 Å². The Bertz CT molecular complexity index is 474. The van der Waals surface area contributed by atoms with E-state index in [9.17, 15) is 9.18 Å². The van der Waals surface area contributed by atoms with E-state index in [-0.39, 0.29) is 17.3 Å². The van der Waals surface area contributed by atoms with Crippen LogP contribution in [0.25, 0.3) is 0 Å². The molecule has 1 heterocycles. The second-order valence-corrected chi connectivity index (χ2v) is 6.25. The van der Waals surface area contributed by atoms with E-state index in [1.54, 1.807) is 18.2 Å². The number of piperidine rings is 1. The van der Waals surface area contributed by atoms with Gasteiger partial charge < -0.3 is 4.90 Å². The van der Waals surface area contributed by atoms with E-state index in [0.29, 0.717) is 5.92 Å². The maximum absolute atomic E-state index is 13.7. The Kier molecular flexibility index (Phi) is 4.92. The lowest BCUT2D eigenvalue weighted by molar-refractivity contribution is 0.0826. The summed E-state index contributed by atoms with van der Waals surface area (Å²) in [4.78, 5) is 14.7. The molecule has 1 aliphatic rings. The van der Waals surface area contributed by atoms with Crippen LogP contribution in [0.2, 0.25) is 0 Å². The van der Waals surface area contributed by atoms with Gasteiger partial charge in [0, 0.05) is 19.0 Å². The third-order valence-electron chi connectivity index (χ3n) is 4.54. The van der Waals surface area contributed by atoms with Gasteiger partial charge >= 0.3 is 0 Å². The number of nitrogens with zero attached hydrogens (tertiary/aromatic N) is 1. The molecule has 0 aromatic heterocycles. The number of likely N-dealkylation sites (tertiary alicyclic amines) is 1. The van der Waals surface area contributed by atoms with Crippen LogP contribution < -0.4 is 0 Å². The molecule has 1 aliphatic heterocycles. The van der Waals surface area contributed by atoms with Gasteiger partial charge in [-0.3, -0.25) is 4.79 Å². The minimum atomic E-state index is -0.412. The third-order valence-corrected chi connectivity index (χ3v) is 4.54. The Balaban J connectivity index is 1.97. The zero-order valence-electron chi connectivity index (χ0n) is 12.6. The third kappa shape index (κ3) is 3.45. The number of rotatable bonds is 4. The van der Waals surface area contributed by atoms with Crippen molar-refractivity contribution in [2.75, 3.05) is 19.6 Å². The maximum atomic E-state index is 13.7. The summed E-state index contributed by atoms with van der Waals surface area (Å²) in [7, 11) is 0. The van der Waals surface area contributed by atoms with Crippen molar-refractivity contribution >= 4 is 5.78 Å². The van der Waals surface area contributed by atoms with Crippen molar-refractivity contribution in [3.63, 3.8) is 0 Å². The molecule has 1 aromatic carbocycles. The highest BCUT2D eigenvalue weighted by atomic mass is 19.1. The van der Waals surface area contributed by atoms with Crippen LogP contribution in [0.3, 0.4) is 0 Å². The number of ketones is 1. The number of carbonyl (C=O) groups excluding carboxylic acids is 1. The fourth-order valence-electron chi connectivity index (χ4n) is 2.91. The van der Waals surface area contributed by atoms with Crippen LogP contribution in [0.1, 0.15) is 37.6 Å². The summed E-state index contributed by atoms with van der Waals surface area (Å²) >= 11 is 0. The minimum absolute atomic E-state index is 0.0885. The normalized spacial score (nSPS) is 25.4. The molecular formula is C17H24FNO. The molecule has 20 heavy (non-hydrogen) atoms. The van der Waals surface area contributed by atoms with Gasteiger partial charge in [0.15, 0.2) is 5.78 Å². The smallest absolute Gasteiger partial charge is 0.169 e. The summed E-state index contributed by atoms with van der Waals surface area (Å²) in [6.07, 6.45) is 1.18. The Labute approximate surface area is 121 Å². The quantitative estimate of drug-likeness (QED) is 0.783. The van der Waals surface area contributed by atoms with Crippen molar-refractivity contribution in [3.8, 4) is 0 Å². The summed E-state index contributed by atoms with van der Waals surface area (Å²) in [6, 6.07) is 6.26. The number of benzene rings is 1. The monoisotopic (exact) mass is 277 g/mol. The van der Waals surface area contributed by atoms with Crippen LogP contribution in [0.15, 0.2) is 24.3 Å². The first-order chi connectivity index (χ1) is 9.49. The van der Waals surface area contributed by atoms with E-state index < -0.39 is 5.82 Å². The fourth-order valence-corrected chi connectivity index (χ4v) is 2.91. The fraction of sp³-hybridized carbons (Fsp3) is 0.588. The lowest BCUT2D eigenvalue weighted by Gasteiger charge is -2.36. The predicted octanol–water partition coefficient (Wildman–Crippen LogP) is 3.62. The Morgan fingerprint density at radius 3 is 2.70 bits per heavy atom. The molecule has 110 valence electrons. The molecule has 0 N–H and O–H groups in total. The van der Waals surface area contributed by atoms with Gasteiger partial charge in [0.2, 0.25) is 0 Å². The van der Waals surface area contributed by atoms with Gasteiger partial charge in [0.05, 0.1) is 5.56 Å². The van der Waals surface area contributed by atoms with Crippen LogP contribution in [-0.4, -0.2) is 30.3 Å². The molecule has 3 atom stereocenters. The molecule has 2 rings (SSSR count). The largest absolute Gasteiger partial charge is 0.302 e. The van der Waals surface area contributed by atoms with Crippen LogP contribution in [0.4, 0.5) is 4.39 Å². The molecule has 1 saturated heterocycles. The topological polar surface area (TPSA) is 20.3 Å². The number of hydrogen-bond donors (Lipinski definition) is 0. The number of Topliss-reactive ketones (excluding diaryl/α,β-unsaturated/α-hetero) is 1. The first kappa shape index (κ1) is 15.2. The van der Waals surface area contributed by atoms with Gasteiger partial charge in [0.1, 0.15) is 5.82 Å². The highest BCUT2D eigenvalue weighted by Gasteiger charge is 2.26. The van der Waals surface area contributed by atoms with Gasteiger partial charge in [-0.15, -0.1) is 0 Å². The Morgan fingerprint density at radius 1 is 1.35 bits per heavy atom. The van der Waals surface area contributed by atoms with Crippen molar-refractivity contribution in [1.82, 2.24) is 4.90 Å². The summed E-state index contributed by atoms with van der Waals surface area (Å²) < 4.78 is 13.7. The SMILES string of the molecule is CC(CN1CCC(C)C(C)C1)C(=O)c1ccccc1F. The molecular weight excluding hydrogens is 253 g/mol. The Hall–Kier alpha value is -1.22. The van der Waals surface area contributed by atoms with E-state index in [4.69, 9.17) is 0 Å². The summed E-state index contributed by atoms with van der Waals surface area (Å²) in [6.45, 7) is 9.26. The maximum Gasteiger partial charge on any atom is 0.169 e. The standard InChI is InChI=1S/C17H24FNO/c1-12-8-9-19(10-13(12)2)11-14(3)17(20)15-6-4-5-7-16(15)18/h4-7,12-14H,8-11H2,1-3H3. The van der Waals surface area contributed by atoms with Crippen LogP contribution >= 0.6 is 0 Å². The summed E-state index contributed by atoms with van der Waals surface area (Å²) in [5, 5.41) is 0. The average molecular weight is 277 g/mol. The molecule has 0 aliphatic carbocycles. The van der Waals surface area contributed by atoms with Crippen molar-refractivity contribution in [1.29, 1.82) is 0 Å². The van der Waals surface area contributed by atoms with E-state index in [1.165, 1.54) is 12.5 Å². The van der Waals surface area contributed by atoms with Crippen LogP contribution in [0, 0.1) is 23.6 Å². The zero-order valence-corrected chi connectivity index (χ0v) is 12.6. The lowest BCUT2D eigenvalue weighted by Crippen LogP contribution is -2.41. The lowest BCUT2D eigenvalue weighted by atomic mass is 9.88. The molecule has 0 saturated carbocycles. The molecule has 0 amide bonds. The van der Waals surface area contributed by atoms with Gasteiger partial charge in [-0.25, -0.2) is 4.39 Å². The molecule has 0 bridgehead atoms. The summed E-state index contributed by atoms with van der Waals surface area (Å²) in [5.74, 6) is 0.759. The molecule has 1 aromatic rings. The first-order valence-corrected chi connectivity index (χ1v) is 7.50. The summed E-state index contributed by atoms with van der Waals surface area (Å²) in [5.41, 5.74) is 0.221. The predicted molar refractivity (Wildman–Crippen MR) is 79.3 cm³/mol. The molecule has 3 unspecified atom stereocenters. The second-order valence-electron chi connectivity index (χ2n) is 6.25. The van der Waals surface area contributed by atoms with E-state index in [0.717, 1.165) is 25.6 Å². The van der Waals surface area contributed by atoms with Crippen LogP contribution in [0.5, 0.6) is 0 Å². The van der Waals surface area contributed by atoms with Gasteiger partial charge in [-0.05, 0) is 36.9 Å². The Morgan fingerprint density at radius 2 is 2.05 bits per heavy atom. The second kappa shape index (κ2) is 6.49. The molecule has 1 fully saturated rings.